The molecule has 4 heteroatoms. The molecule has 0 aromatic carbocycles. The second kappa shape index (κ2) is 3.20. The number of rotatable bonds is 2. The highest BCUT2D eigenvalue weighted by atomic mass is 16.5. The lowest BCUT2D eigenvalue weighted by atomic mass is 9.83. The van der Waals surface area contributed by atoms with Crippen LogP contribution in [0.1, 0.15) is 30.9 Å². The summed E-state index contributed by atoms with van der Waals surface area (Å²) in [6, 6.07) is 2.22. The fraction of sp³-hybridized carbons (Fsp3) is 0.556. The number of hydrogen-bond acceptors (Lipinski definition) is 4. The Bertz CT molecular complexity index is 310. The Kier molecular flexibility index (Phi) is 2.04. The summed E-state index contributed by atoms with van der Waals surface area (Å²) in [7, 11) is 1.55. The van der Waals surface area contributed by atoms with Gasteiger partial charge in [0.25, 0.3) is 0 Å². The molecule has 0 aliphatic heterocycles. The number of nitrogens with zero attached hydrogens (tertiary/aromatic N) is 2. The third kappa shape index (κ3) is 1.56. The molecule has 1 aliphatic rings. The van der Waals surface area contributed by atoms with Gasteiger partial charge in [-0.15, -0.1) is 0 Å². The van der Waals surface area contributed by atoms with E-state index < -0.39 is 0 Å². The first-order valence-electron chi connectivity index (χ1n) is 4.48. The van der Waals surface area contributed by atoms with Crippen molar-refractivity contribution < 1.29 is 4.74 Å². The predicted molar refractivity (Wildman–Crippen MR) is 49.6 cm³/mol. The van der Waals surface area contributed by atoms with Crippen LogP contribution in [0.25, 0.3) is 0 Å². The van der Waals surface area contributed by atoms with Crippen molar-refractivity contribution in [2.24, 2.45) is 0 Å². The molecule has 0 radical (unpaired) electrons. The van der Waals surface area contributed by atoms with Gasteiger partial charge in [0, 0.05) is 12.0 Å². The van der Waals surface area contributed by atoms with Gasteiger partial charge < -0.3 is 10.5 Å². The zero-order chi connectivity index (χ0) is 9.26. The van der Waals surface area contributed by atoms with E-state index in [1.165, 1.54) is 19.3 Å². The summed E-state index contributed by atoms with van der Waals surface area (Å²) in [6.07, 6.45) is 3.70. The van der Waals surface area contributed by atoms with Crippen LogP contribution >= 0.6 is 0 Å². The van der Waals surface area contributed by atoms with Crippen molar-refractivity contribution in [2.75, 3.05) is 12.8 Å². The summed E-state index contributed by atoms with van der Waals surface area (Å²) in [6.45, 7) is 0. The second-order valence-corrected chi connectivity index (χ2v) is 3.33. The van der Waals surface area contributed by atoms with Gasteiger partial charge in [0.05, 0.1) is 12.8 Å². The van der Waals surface area contributed by atoms with Gasteiger partial charge in [0.2, 0.25) is 0 Å². The van der Waals surface area contributed by atoms with Crippen LogP contribution in [0.2, 0.25) is 0 Å². The average Bonchev–Trinajstić information content (AvgIpc) is 2.00. The molecule has 1 aromatic heterocycles. The smallest absolute Gasteiger partial charge is 0.318 e. The summed E-state index contributed by atoms with van der Waals surface area (Å²) in [5.41, 5.74) is 6.64. The molecule has 1 heterocycles. The van der Waals surface area contributed by atoms with Gasteiger partial charge in [-0.25, -0.2) is 0 Å². The summed E-state index contributed by atoms with van der Waals surface area (Å²) in [5, 5.41) is 0. The second-order valence-electron chi connectivity index (χ2n) is 3.33. The molecular weight excluding hydrogens is 166 g/mol. The number of methoxy groups -OCH3 is 1. The number of ether oxygens (including phenoxy) is 1. The van der Waals surface area contributed by atoms with E-state index in [2.05, 4.69) is 9.97 Å². The van der Waals surface area contributed by atoms with E-state index in [-0.39, 0.29) is 0 Å². The molecule has 1 aromatic rings. The third-order valence-corrected chi connectivity index (χ3v) is 2.45. The van der Waals surface area contributed by atoms with Crippen molar-refractivity contribution in [1.82, 2.24) is 9.97 Å². The lowest BCUT2D eigenvalue weighted by Gasteiger charge is -2.24. The minimum absolute atomic E-state index is 0.377. The molecule has 0 atom stereocenters. The summed E-state index contributed by atoms with van der Waals surface area (Å²) in [4.78, 5) is 8.20. The average molecular weight is 179 g/mol. The molecule has 2 rings (SSSR count). The zero-order valence-corrected chi connectivity index (χ0v) is 7.66. The molecule has 0 saturated heterocycles. The van der Waals surface area contributed by atoms with Crippen molar-refractivity contribution in [3.63, 3.8) is 0 Å². The molecule has 1 fully saturated rings. The lowest BCUT2D eigenvalue weighted by Crippen LogP contribution is -2.12. The highest BCUT2D eigenvalue weighted by Gasteiger charge is 2.21. The van der Waals surface area contributed by atoms with Crippen LogP contribution in [-0.4, -0.2) is 17.1 Å². The molecular formula is C9H13N3O. The summed E-state index contributed by atoms with van der Waals surface area (Å²) in [5.74, 6) is 1.06. The SMILES string of the molecule is COc1nc(N)cc(C2CCC2)n1. The fourth-order valence-electron chi connectivity index (χ4n) is 1.47. The van der Waals surface area contributed by atoms with E-state index in [9.17, 15) is 0 Å². The maximum Gasteiger partial charge on any atom is 0.318 e. The van der Waals surface area contributed by atoms with E-state index in [4.69, 9.17) is 10.5 Å². The van der Waals surface area contributed by atoms with Crippen LogP contribution < -0.4 is 10.5 Å². The quantitative estimate of drug-likeness (QED) is 0.744. The van der Waals surface area contributed by atoms with Crippen molar-refractivity contribution in [3.8, 4) is 6.01 Å². The van der Waals surface area contributed by atoms with Crippen molar-refractivity contribution >= 4 is 5.82 Å². The molecule has 0 spiro atoms. The number of nitrogen functional groups attached to an aromatic ring is 1. The Morgan fingerprint density at radius 3 is 2.77 bits per heavy atom. The van der Waals surface area contributed by atoms with Crippen LogP contribution in [-0.2, 0) is 0 Å². The number of nitrogens with two attached hydrogens (primary N) is 1. The van der Waals surface area contributed by atoms with Crippen molar-refractivity contribution in [2.45, 2.75) is 25.2 Å². The van der Waals surface area contributed by atoms with Gasteiger partial charge in [0.1, 0.15) is 5.82 Å². The summed E-state index contributed by atoms with van der Waals surface area (Å²) >= 11 is 0. The molecule has 13 heavy (non-hydrogen) atoms. The number of hydrogen-bond donors (Lipinski definition) is 1. The van der Waals surface area contributed by atoms with E-state index in [0.29, 0.717) is 17.7 Å². The Morgan fingerprint density at radius 2 is 2.23 bits per heavy atom. The van der Waals surface area contributed by atoms with E-state index >= 15 is 0 Å². The Balaban J connectivity index is 2.28. The van der Waals surface area contributed by atoms with Crippen LogP contribution in [0.3, 0.4) is 0 Å². The van der Waals surface area contributed by atoms with Crippen LogP contribution in [0.4, 0.5) is 5.82 Å². The lowest BCUT2D eigenvalue weighted by molar-refractivity contribution is 0.365. The molecule has 2 N–H and O–H groups in total. The number of anilines is 1. The predicted octanol–water partition coefficient (Wildman–Crippen LogP) is 1.33. The first-order valence-corrected chi connectivity index (χ1v) is 4.48. The van der Waals surface area contributed by atoms with Gasteiger partial charge in [-0.3, -0.25) is 0 Å². The monoisotopic (exact) mass is 179 g/mol. The highest BCUT2D eigenvalue weighted by molar-refractivity contribution is 5.33. The molecule has 0 bridgehead atoms. The number of aromatic nitrogens is 2. The topological polar surface area (TPSA) is 61.0 Å². The first-order chi connectivity index (χ1) is 6.29. The minimum Gasteiger partial charge on any atom is -0.467 e. The zero-order valence-electron chi connectivity index (χ0n) is 7.66. The highest BCUT2D eigenvalue weighted by Crippen LogP contribution is 2.36. The van der Waals surface area contributed by atoms with E-state index in [1.807, 2.05) is 6.07 Å². The standard InChI is InChI=1S/C9H13N3O/c1-13-9-11-7(5-8(10)12-9)6-3-2-4-6/h5-6H,2-4H2,1H3,(H2,10,11,12). The third-order valence-electron chi connectivity index (χ3n) is 2.45. The first kappa shape index (κ1) is 8.29. The molecule has 0 amide bonds. The van der Waals surface area contributed by atoms with Gasteiger partial charge in [-0.2, -0.15) is 9.97 Å². The molecule has 70 valence electrons. The largest absolute Gasteiger partial charge is 0.467 e. The summed E-state index contributed by atoms with van der Waals surface area (Å²) < 4.78 is 4.95. The van der Waals surface area contributed by atoms with Gasteiger partial charge >= 0.3 is 6.01 Å². The maximum absolute atomic E-state index is 5.62. The van der Waals surface area contributed by atoms with E-state index in [0.717, 1.165) is 5.69 Å². The van der Waals surface area contributed by atoms with Crippen LogP contribution in [0.5, 0.6) is 6.01 Å². The van der Waals surface area contributed by atoms with Gasteiger partial charge in [-0.05, 0) is 12.8 Å². The fourth-order valence-corrected chi connectivity index (χ4v) is 1.47. The van der Waals surface area contributed by atoms with Crippen molar-refractivity contribution in [3.05, 3.63) is 11.8 Å². The van der Waals surface area contributed by atoms with Crippen LogP contribution in [0.15, 0.2) is 6.07 Å². The van der Waals surface area contributed by atoms with Gasteiger partial charge in [-0.1, -0.05) is 6.42 Å². The maximum atomic E-state index is 5.62. The Morgan fingerprint density at radius 1 is 1.46 bits per heavy atom. The van der Waals surface area contributed by atoms with Crippen molar-refractivity contribution in [1.29, 1.82) is 0 Å². The Labute approximate surface area is 77.1 Å². The van der Waals surface area contributed by atoms with Gasteiger partial charge in [0.15, 0.2) is 0 Å². The molecule has 4 nitrogen and oxygen atoms in total. The Hall–Kier alpha value is -1.32. The molecule has 1 aliphatic carbocycles. The van der Waals surface area contributed by atoms with E-state index in [1.54, 1.807) is 7.11 Å². The minimum atomic E-state index is 0.377. The molecule has 1 saturated carbocycles. The molecule has 0 unspecified atom stereocenters. The normalized spacial score (nSPS) is 16.7. The van der Waals surface area contributed by atoms with Crippen LogP contribution in [0, 0.1) is 0 Å².